The molecule has 2 N–H and O–H groups in total. The number of amides is 3. The van der Waals surface area contributed by atoms with Crippen molar-refractivity contribution in [3.8, 4) is 0 Å². The lowest BCUT2D eigenvalue weighted by molar-refractivity contribution is -0.130. The van der Waals surface area contributed by atoms with Crippen LogP contribution < -0.4 is 10.9 Å². The highest BCUT2D eigenvalue weighted by Crippen LogP contribution is 2.28. The Labute approximate surface area is 146 Å². The van der Waals surface area contributed by atoms with Gasteiger partial charge >= 0.3 is 6.03 Å². The number of nitrogens with zero attached hydrogens (tertiary/aromatic N) is 2. The molecule has 3 amide bonds. The van der Waals surface area contributed by atoms with Gasteiger partial charge in [-0.2, -0.15) is 5.10 Å². The highest BCUT2D eigenvalue weighted by Gasteiger charge is 2.33. The zero-order valence-electron chi connectivity index (χ0n) is 12.3. The van der Waals surface area contributed by atoms with Gasteiger partial charge in [-0.3, -0.25) is 14.5 Å². The summed E-state index contributed by atoms with van der Waals surface area (Å²) in [6.45, 7) is -0.0233. The van der Waals surface area contributed by atoms with Crippen LogP contribution in [0.3, 0.4) is 0 Å². The maximum absolute atomic E-state index is 12.3. The molecular weight excluding hydrogens is 355 g/mol. The number of halogens is 2. The molecule has 0 spiro atoms. The van der Waals surface area contributed by atoms with E-state index in [9.17, 15) is 14.4 Å². The number of hydrogen-bond donors (Lipinski definition) is 2. The maximum Gasteiger partial charge on any atom is 0.324 e. The smallest absolute Gasteiger partial charge is 0.324 e. The predicted molar refractivity (Wildman–Crippen MR) is 87.8 cm³/mol. The van der Waals surface area contributed by atoms with Gasteiger partial charge in [-0.1, -0.05) is 23.2 Å². The maximum atomic E-state index is 12.3. The fourth-order valence-corrected chi connectivity index (χ4v) is 2.98. The largest absolute Gasteiger partial charge is 0.330 e. The van der Waals surface area contributed by atoms with Crippen LogP contribution in [-0.2, 0) is 11.3 Å². The van der Waals surface area contributed by atoms with Crippen LogP contribution >= 0.6 is 23.2 Å². The number of carbonyl (C=O) groups excluding carboxylic acids is 2. The minimum Gasteiger partial charge on any atom is -0.330 e. The van der Waals surface area contributed by atoms with Crippen LogP contribution in [0.2, 0.25) is 10.0 Å². The number of H-pyrrole nitrogens is 1. The van der Waals surface area contributed by atoms with Crippen LogP contribution in [0.1, 0.15) is 23.7 Å². The summed E-state index contributed by atoms with van der Waals surface area (Å²) in [5.41, 5.74) is 0.712. The Balaban J connectivity index is 1.76. The lowest BCUT2D eigenvalue weighted by atomic mass is 10.0. The van der Waals surface area contributed by atoms with E-state index in [0.29, 0.717) is 21.3 Å². The average Bonchev–Trinajstić information content (AvgIpc) is 2.51. The fourth-order valence-electron chi connectivity index (χ4n) is 2.44. The lowest BCUT2D eigenvalue weighted by Gasteiger charge is -2.31. The minimum absolute atomic E-state index is 0.0233. The Hall–Kier alpha value is -2.38. The standard InChI is InChI=1S/C15H12Cl2N4O3/c16-9-3-8(4-10(17)5-9)12-6-14(23)21(15(24)18-12)7-11-1-2-13(22)20-19-11/h1-5,12H,6-7H2,(H,18,24)(H,20,22)/t12-/m0/s1. The number of benzene rings is 1. The van der Waals surface area contributed by atoms with Gasteiger partial charge in [0, 0.05) is 16.1 Å². The highest BCUT2D eigenvalue weighted by atomic mass is 35.5. The Kier molecular flexibility index (Phi) is 4.55. The van der Waals surface area contributed by atoms with E-state index >= 15 is 0 Å². The first-order chi connectivity index (χ1) is 11.4. The Morgan fingerprint density at radius 1 is 1.12 bits per heavy atom. The van der Waals surface area contributed by atoms with Crippen LogP contribution in [0.4, 0.5) is 4.79 Å². The molecule has 9 heteroatoms. The number of aromatic amines is 1. The van der Waals surface area contributed by atoms with Gasteiger partial charge in [0.25, 0.3) is 5.56 Å². The zero-order chi connectivity index (χ0) is 17.3. The van der Waals surface area contributed by atoms with E-state index in [0.717, 1.165) is 4.90 Å². The Morgan fingerprint density at radius 2 is 1.83 bits per heavy atom. The average molecular weight is 367 g/mol. The molecule has 0 unspecified atom stereocenters. The number of carbonyl (C=O) groups is 2. The normalized spacial score (nSPS) is 17.8. The van der Waals surface area contributed by atoms with Crippen LogP contribution in [0.25, 0.3) is 0 Å². The molecule has 2 aromatic rings. The quantitative estimate of drug-likeness (QED) is 0.870. The van der Waals surface area contributed by atoms with Crippen molar-refractivity contribution >= 4 is 35.1 Å². The number of nitrogens with one attached hydrogen (secondary N) is 2. The first-order valence-electron chi connectivity index (χ1n) is 7.04. The first kappa shape index (κ1) is 16.5. The van der Waals surface area contributed by atoms with Gasteiger partial charge in [-0.05, 0) is 29.8 Å². The van der Waals surface area contributed by atoms with Crippen molar-refractivity contribution in [1.82, 2.24) is 20.4 Å². The number of urea groups is 1. The molecule has 1 saturated heterocycles. The summed E-state index contributed by atoms with van der Waals surface area (Å²) in [4.78, 5) is 36.6. The van der Waals surface area contributed by atoms with Gasteiger partial charge in [0.2, 0.25) is 5.91 Å². The topological polar surface area (TPSA) is 95.2 Å². The lowest BCUT2D eigenvalue weighted by Crippen LogP contribution is -2.50. The molecule has 1 fully saturated rings. The van der Waals surface area contributed by atoms with E-state index in [1.807, 2.05) is 0 Å². The van der Waals surface area contributed by atoms with E-state index in [-0.39, 0.29) is 24.4 Å². The van der Waals surface area contributed by atoms with Crippen LogP contribution in [-0.4, -0.2) is 27.0 Å². The third-order valence-corrected chi connectivity index (χ3v) is 4.00. The first-order valence-corrected chi connectivity index (χ1v) is 7.79. The number of rotatable bonds is 3. The molecule has 1 aromatic carbocycles. The Bertz CT molecular complexity index is 809. The van der Waals surface area contributed by atoms with Crippen molar-refractivity contribution in [2.45, 2.75) is 19.0 Å². The van der Waals surface area contributed by atoms with E-state index in [4.69, 9.17) is 23.2 Å². The van der Waals surface area contributed by atoms with Crippen LogP contribution in [0.5, 0.6) is 0 Å². The molecule has 124 valence electrons. The molecule has 1 aromatic heterocycles. The van der Waals surface area contributed by atoms with Crippen molar-refractivity contribution in [1.29, 1.82) is 0 Å². The van der Waals surface area contributed by atoms with E-state index in [1.54, 1.807) is 18.2 Å². The van der Waals surface area contributed by atoms with Crippen LogP contribution in [0, 0.1) is 0 Å². The summed E-state index contributed by atoms with van der Waals surface area (Å²) in [7, 11) is 0. The second kappa shape index (κ2) is 6.62. The Morgan fingerprint density at radius 3 is 2.42 bits per heavy atom. The molecule has 7 nitrogen and oxygen atoms in total. The van der Waals surface area contributed by atoms with Gasteiger partial charge in [0.1, 0.15) is 0 Å². The minimum atomic E-state index is -0.541. The number of aromatic nitrogens is 2. The summed E-state index contributed by atoms with van der Waals surface area (Å²) in [5, 5.41) is 9.66. The number of imide groups is 1. The molecule has 24 heavy (non-hydrogen) atoms. The molecule has 0 bridgehead atoms. The molecule has 2 heterocycles. The van der Waals surface area contributed by atoms with Crippen molar-refractivity contribution in [2.24, 2.45) is 0 Å². The molecule has 0 radical (unpaired) electrons. The van der Waals surface area contributed by atoms with Gasteiger partial charge in [0.15, 0.2) is 0 Å². The molecule has 0 aliphatic carbocycles. The summed E-state index contributed by atoms with van der Waals surface area (Å²) in [5.74, 6) is -0.354. The van der Waals surface area contributed by atoms with Gasteiger partial charge < -0.3 is 5.32 Å². The summed E-state index contributed by atoms with van der Waals surface area (Å²) < 4.78 is 0. The third-order valence-electron chi connectivity index (χ3n) is 3.57. The second-order valence-corrected chi connectivity index (χ2v) is 6.17. The van der Waals surface area contributed by atoms with Crippen molar-refractivity contribution < 1.29 is 9.59 Å². The van der Waals surface area contributed by atoms with Crippen LogP contribution in [0.15, 0.2) is 35.1 Å². The summed E-state index contributed by atoms with van der Waals surface area (Å²) in [6, 6.07) is 6.59. The number of hydrogen-bond acceptors (Lipinski definition) is 4. The van der Waals surface area contributed by atoms with Gasteiger partial charge in [0.05, 0.1) is 24.7 Å². The second-order valence-electron chi connectivity index (χ2n) is 5.30. The molecule has 1 aliphatic rings. The van der Waals surface area contributed by atoms with Crippen molar-refractivity contribution in [2.75, 3.05) is 0 Å². The highest BCUT2D eigenvalue weighted by molar-refractivity contribution is 6.34. The van der Waals surface area contributed by atoms with Gasteiger partial charge in [-0.15, -0.1) is 0 Å². The molecule has 1 atom stereocenters. The molecule has 0 saturated carbocycles. The monoisotopic (exact) mass is 366 g/mol. The summed E-state index contributed by atoms with van der Waals surface area (Å²) in [6.07, 6.45) is 0.0752. The third kappa shape index (κ3) is 3.58. The van der Waals surface area contributed by atoms with E-state index in [1.165, 1.54) is 12.1 Å². The van der Waals surface area contributed by atoms with Crippen molar-refractivity contribution in [3.05, 3.63) is 62.0 Å². The summed E-state index contributed by atoms with van der Waals surface area (Å²) >= 11 is 11.9. The van der Waals surface area contributed by atoms with E-state index < -0.39 is 12.1 Å². The molecular formula is C15H12Cl2N4O3. The zero-order valence-corrected chi connectivity index (χ0v) is 13.8. The molecule has 3 rings (SSSR count). The van der Waals surface area contributed by atoms with E-state index in [2.05, 4.69) is 15.5 Å². The predicted octanol–water partition coefficient (Wildman–Crippen LogP) is 2.26. The molecule has 1 aliphatic heterocycles. The van der Waals surface area contributed by atoms with Crippen molar-refractivity contribution in [3.63, 3.8) is 0 Å². The van der Waals surface area contributed by atoms with Gasteiger partial charge in [-0.25, -0.2) is 9.89 Å². The SMILES string of the molecule is O=C1C[C@@H](c2cc(Cl)cc(Cl)c2)NC(=O)N1Cc1ccc(=O)[nH]n1. The fraction of sp³-hybridized carbons (Fsp3) is 0.200.